The third-order valence-electron chi connectivity index (χ3n) is 14.5. The molecule has 7 heterocycles. The van der Waals surface area contributed by atoms with Gasteiger partial charge in [-0.2, -0.15) is 18.4 Å². The standard InChI is InChI=1S/C49H59F3N8O14P2SSi/c1-27(2)32(62)19-30-20-33(63)38-44(57-30)60(26-56-38)46-39(31(34(23-61)70-46)21-36(64)49(50,51)52)73-76(77,68-18-12-16-53)69-24-35-40(72-75(66)67)41(74-78(6,7)48(3,4)5)47(71-35)59-22-29-15-11-17-58(42-37(29)43(59)55-25-54-42)45(65)28-13-9-8-10-14-28/h8-10,13-14,22,25-27,31,34-35,39-41,46-47,61H,11-12,15,17-21,23-24H2,1-7H3/p+1/t31-,34-,35-,39-,40-,41-,46-,47-,76?/m1/s1. The fourth-order valence-electron chi connectivity index (χ4n) is 9.46. The van der Waals surface area contributed by atoms with Gasteiger partial charge in [-0.3, -0.25) is 28.6 Å². The molecule has 0 bridgehead atoms. The number of benzene rings is 1. The van der Waals surface area contributed by atoms with Crippen LogP contribution in [0.4, 0.5) is 24.8 Å². The molecule has 2 N–H and O–H groups in total. The summed E-state index contributed by atoms with van der Waals surface area (Å²) in [5.74, 6) is -5.07. The highest BCUT2D eigenvalue weighted by Gasteiger charge is 2.57. The van der Waals surface area contributed by atoms with Crippen LogP contribution in [0.5, 0.6) is 0 Å². The molecule has 3 aromatic heterocycles. The first-order valence-electron chi connectivity index (χ1n) is 25.1. The van der Waals surface area contributed by atoms with Crippen molar-refractivity contribution in [2.75, 3.05) is 31.3 Å². The van der Waals surface area contributed by atoms with E-state index in [1.807, 2.05) is 39.9 Å². The minimum atomic E-state index is -5.34. The van der Waals surface area contributed by atoms with Crippen LogP contribution in [0.2, 0.25) is 18.1 Å². The number of aliphatic hydroxyl groups excluding tert-OH is 1. The van der Waals surface area contributed by atoms with Crippen LogP contribution in [0.3, 0.4) is 0 Å². The van der Waals surface area contributed by atoms with Crippen molar-refractivity contribution in [2.24, 2.45) is 16.8 Å². The minimum absolute atomic E-state index is 0.147. The molecule has 1 aromatic carbocycles. The predicted molar refractivity (Wildman–Crippen MR) is 279 cm³/mol. The van der Waals surface area contributed by atoms with E-state index in [1.54, 1.807) is 59.8 Å². The number of aliphatic hydroxyl groups is 1. The number of nitriles is 1. The number of alkyl halides is 3. The van der Waals surface area contributed by atoms with E-state index in [4.69, 9.17) is 43.8 Å². The highest BCUT2D eigenvalue weighted by Crippen LogP contribution is 2.57. The van der Waals surface area contributed by atoms with Gasteiger partial charge in [0.15, 0.2) is 44.2 Å². The SMILES string of the molecule is CC(C)C(=O)CC1=Nc2c(ncn2[C@@H]2O[C@H](CO)[C@@H](CC(=O)C(F)(F)F)[C@H]2OP(=S)(OCCC#N)OC[C@H]2O[C@@H](n3cc4c5c(ncnc53)N(C(=O)c3ccccc3)CCC4)[C@H](O[Si](C)(C)C(C)(C)C)[C@@H]2O[P+](=O)O)C(=O)C1. The molecule has 0 saturated carbocycles. The second-order valence-electron chi connectivity index (χ2n) is 21.1. The summed E-state index contributed by atoms with van der Waals surface area (Å²) in [5.41, 5.74) is 1.55. The van der Waals surface area contributed by atoms with Gasteiger partial charge >= 0.3 is 21.1 Å². The molecule has 2 saturated heterocycles. The Balaban J connectivity index is 1.19. The number of aromatic nitrogens is 5. The van der Waals surface area contributed by atoms with E-state index >= 15 is 0 Å². The monoisotopic (exact) mass is 1160 g/mol. The van der Waals surface area contributed by atoms with Crippen molar-refractivity contribution >= 4 is 86.7 Å². The molecular formula is C49H60F3N8O14P2SSi+. The topological polar surface area (TPSA) is 278 Å². The fraction of sp³-hybridized carbons (Fsp3) is 0.571. The van der Waals surface area contributed by atoms with Gasteiger partial charge in [0.25, 0.3) is 5.91 Å². The maximum Gasteiger partial charge on any atom is 0.695 e. The van der Waals surface area contributed by atoms with Crippen LogP contribution in [0.15, 0.2) is 54.2 Å². The maximum atomic E-state index is 14.1. The lowest BCUT2D eigenvalue weighted by Gasteiger charge is -2.40. The summed E-state index contributed by atoms with van der Waals surface area (Å²) in [7, 11) is -6.29. The Bertz CT molecular complexity index is 3080. The number of aliphatic imine (C=N–C) groups is 1. The van der Waals surface area contributed by atoms with E-state index in [1.165, 1.54) is 10.9 Å². The highest BCUT2D eigenvalue weighted by atomic mass is 32.5. The van der Waals surface area contributed by atoms with Crippen molar-refractivity contribution in [1.82, 2.24) is 24.1 Å². The molecule has 420 valence electrons. The predicted octanol–water partition coefficient (Wildman–Crippen LogP) is 8.10. The zero-order chi connectivity index (χ0) is 56.6. The Morgan fingerprint density at radius 2 is 1.73 bits per heavy atom. The molecule has 22 nitrogen and oxygen atoms in total. The molecule has 29 heteroatoms. The summed E-state index contributed by atoms with van der Waals surface area (Å²) in [6.07, 6.45) is -12.3. The highest BCUT2D eigenvalue weighted by molar-refractivity contribution is 8.07. The van der Waals surface area contributed by atoms with Gasteiger partial charge in [0.2, 0.25) is 5.78 Å². The van der Waals surface area contributed by atoms with Gasteiger partial charge in [0.05, 0.1) is 56.5 Å². The van der Waals surface area contributed by atoms with Crippen molar-refractivity contribution in [3.63, 3.8) is 0 Å². The Labute approximate surface area is 453 Å². The molecule has 4 aromatic rings. The number of hydrogen-bond acceptors (Lipinski definition) is 19. The zero-order valence-corrected chi connectivity index (χ0v) is 47.3. The number of anilines is 1. The Kier molecular flexibility index (Phi) is 18.0. The van der Waals surface area contributed by atoms with Crippen molar-refractivity contribution < 1.29 is 78.9 Å². The molecule has 1 amide bonds. The first-order chi connectivity index (χ1) is 36.8. The summed E-state index contributed by atoms with van der Waals surface area (Å²) in [6.45, 7) is 7.02. The third kappa shape index (κ3) is 12.5. The number of amides is 1. The van der Waals surface area contributed by atoms with E-state index in [-0.39, 0.29) is 48.2 Å². The van der Waals surface area contributed by atoms with Crippen LogP contribution in [0, 0.1) is 23.2 Å². The number of ketones is 3. The molecule has 0 radical (unpaired) electrons. The zero-order valence-electron chi connectivity index (χ0n) is 43.7. The van der Waals surface area contributed by atoms with Gasteiger partial charge in [-0.1, -0.05) is 52.8 Å². The van der Waals surface area contributed by atoms with Gasteiger partial charge in [-0.15, -0.1) is 9.42 Å². The van der Waals surface area contributed by atoms with E-state index in [2.05, 4.69) is 19.9 Å². The molecule has 4 aliphatic rings. The van der Waals surface area contributed by atoms with Crippen LogP contribution in [-0.2, 0) is 64.4 Å². The van der Waals surface area contributed by atoms with Crippen molar-refractivity contribution in [3.8, 4) is 6.07 Å². The molecule has 0 aliphatic carbocycles. The van der Waals surface area contributed by atoms with Crippen LogP contribution in [0.25, 0.3) is 11.0 Å². The number of carbonyl (C=O) groups is 4. The van der Waals surface area contributed by atoms with Crippen molar-refractivity contribution in [2.45, 2.75) is 140 Å². The maximum absolute atomic E-state index is 14.1. The molecule has 2 fully saturated rings. The number of carbonyl (C=O) groups excluding carboxylic acids is 4. The summed E-state index contributed by atoms with van der Waals surface area (Å²) in [5, 5.41) is 20.3. The fourth-order valence-corrected chi connectivity index (χ4v) is 13.3. The van der Waals surface area contributed by atoms with Gasteiger partial charge < -0.3 is 37.1 Å². The average molecular weight is 1160 g/mol. The van der Waals surface area contributed by atoms with Crippen LogP contribution < -0.4 is 4.90 Å². The number of imidazole rings is 1. The quantitative estimate of drug-likeness (QED) is 0.0453. The lowest BCUT2D eigenvalue weighted by Crippen LogP contribution is -2.49. The van der Waals surface area contributed by atoms with Crippen LogP contribution >= 0.6 is 15.0 Å². The third-order valence-corrected chi connectivity index (χ3v) is 21.8. The van der Waals surface area contributed by atoms with Crippen LogP contribution in [-0.4, -0.2) is 134 Å². The lowest BCUT2D eigenvalue weighted by atomic mass is 9.92. The van der Waals surface area contributed by atoms with E-state index < -0.39 is 127 Å². The molecular weight excluding hydrogens is 1100 g/mol. The number of hydrogen-bond donors (Lipinski definition) is 2. The first-order valence-corrected chi connectivity index (χ1v) is 31.7. The lowest BCUT2D eigenvalue weighted by molar-refractivity contribution is -0.173. The largest absolute Gasteiger partial charge is 0.695 e. The molecule has 78 heavy (non-hydrogen) atoms. The number of fused-ring (bicyclic) bond motifs is 1. The Morgan fingerprint density at radius 3 is 2.38 bits per heavy atom. The number of ether oxygens (including phenoxy) is 2. The second-order valence-corrected chi connectivity index (χ2v) is 29.5. The van der Waals surface area contributed by atoms with Gasteiger partial charge in [0, 0.05) is 53.3 Å². The van der Waals surface area contributed by atoms with Crippen LogP contribution in [0.1, 0.15) is 106 Å². The normalized spacial score (nSPS) is 24.7. The number of Topliss-reactive ketones (excluding diaryl/α,β-unsaturated/α-hetero) is 3. The number of aryl methyl sites for hydroxylation is 1. The number of rotatable bonds is 21. The second kappa shape index (κ2) is 23.7. The van der Waals surface area contributed by atoms with E-state index in [9.17, 15) is 52.2 Å². The molecule has 4 aliphatic heterocycles. The summed E-state index contributed by atoms with van der Waals surface area (Å²) < 4.78 is 103. The van der Waals surface area contributed by atoms with E-state index in [0.717, 1.165) is 11.9 Å². The molecule has 2 unspecified atom stereocenters. The minimum Gasteiger partial charge on any atom is -0.406 e. The summed E-state index contributed by atoms with van der Waals surface area (Å²) >= 11 is 6.00. The first kappa shape index (κ1) is 59.2. The van der Waals surface area contributed by atoms with Gasteiger partial charge in [0.1, 0.15) is 41.9 Å². The molecule has 0 spiro atoms. The Morgan fingerprint density at radius 1 is 1.03 bits per heavy atom. The van der Waals surface area contributed by atoms with E-state index in [0.29, 0.717) is 41.8 Å². The average Bonchev–Trinajstić information content (AvgIpc) is 4.12. The molecule has 8 rings (SSSR count). The molecule has 10 atom stereocenters. The summed E-state index contributed by atoms with van der Waals surface area (Å²) in [6, 6.07) is 10.6. The number of halogens is 3. The van der Waals surface area contributed by atoms with Gasteiger partial charge in [-0.25, -0.2) is 19.9 Å². The van der Waals surface area contributed by atoms with Gasteiger partial charge in [-0.05, 0) is 60.5 Å². The van der Waals surface area contributed by atoms with Crippen molar-refractivity contribution in [3.05, 3.63) is 66.0 Å². The smallest absolute Gasteiger partial charge is 0.406 e. The van der Waals surface area contributed by atoms with Crippen molar-refractivity contribution in [1.29, 1.82) is 5.26 Å². The number of nitrogens with zero attached hydrogens (tertiary/aromatic N) is 8. The Hall–Kier alpha value is -4.91. The summed E-state index contributed by atoms with van der Waals surface area (Å²) in [4.78, 5) is 83.2.